The molecule has 0 aromatic carbocycles. The second kappa shape index (κ2) is 8.54. The summed E-state index contributed by atoms with van der Waals surface area (Å²) < 4.78 is 4.98. The molecule has 0 aromatic rings. The van der Waals surface area contributed by atoms with Gasteiger partial charge in [0.1, 0.15) is 6.04 Å². The van der Waals surface area contributed by atoms with E-state index in [1.54, 1.807) is 0 Å². The van der Waals surface area contributed by atoms with E-state index in [0.717, 1.165) is 45.4 Å². The van der Waals surface area contributed by atoms with Crippen LogP contribution in [0, 0.1) is 0 Å². The number of carbonyl (C=O) groups excluding carboxylic acids is 1. The van der Waals surface area contributed by atoms with Crippen LogP contribution in [-0.2, 0) is 9.53 Å². The van der Waals surface area contributed by atoms with Crippen molar-refractivity contribution in [2.75, 3.05) is 33.3 Å². The van der Waals surface area contributed by atoms with E-state index < -0.39 is 0 Å². The zero-order chi connectivity index (χ0) is 14.3. The number of esters is 1. The van der Waals surface area contributed by atoms with Gasteiger partial charge in [-0.1, -0.05) is 33.6 Å². The van der Waals surface area contributed by atoms with E-state index in [9.17, 15) is 4.79 Å². The first-order chi connectivity index (χ1) is 9.17. The molecule has 0 aliphatic carbocycles. The Labute approximate surface area is 118 Å². The third-order valence-corrected chi connectivity index (χ3v) is 4.27. The van der Waals surface area contributed by atoms with Crippen LogP contribution in [0.25, 0.3) is 0 Å². The van der Waals surface area contributed by atoms with Crippen molar-refractivity contribution in [3.63, 3.8) is 0 Å². The molecule has 1 aliphatic heterocycles. The van der Waals surface area contributed by atoms with Gasteiger partial charge in [-0.3, -0.25) is 14.6 Å². The van der Waals surface area contributed by atoms with E-state index in [0.29, 0.717) is 6.04 Å². The predicted octanol–water partition coefficient (Wildman–Crippen LogP) is 2.13. The summed E-state index contributed by atoms with van der Waals surface area (Å²) in [6.07, 6.45) is 4.31. The van der Waals surface area contributed by atoms with Crippen molar-refractivity contribution in [1.82, 2.24) is 9.80 Å². The smallest absolute Gasteiger partial charge is 0.323 e. The fraction of sp³-hybridized carbons (Fsp3) is 0.933. The van der Waals surface area contributed by atoms with Gasteiger partial charge < -0.3 is 4.74 Å². The van der Waals surface area contributed by atoms with Gasteiger partial charge in [0.25, 0.3) is 0 Å². The largest absolute Gasteiger partial charge is 0.468 e. The first-order valence-corrected chi connectivity index (χ1v) is 7.73. The monoisotopic (exact) mass is 270 g/mol. The fourth-order valence-electron chi connectivity index (χ4n) is 3.07. The van der Waals surface area contributed by atoms with Crippen molar-refractivity contribution < 1.29 is 9.53 Å². The topological polar surface area (TPSA) is 32.8 Å². The SMILES string of the molecule is CCCCC(C(=O)OC)N1CCC(N(CC)CC)C1. The standard InChI is InChI=1S/C15H30N2O2/c1-5-8-9-14(15(18)19-4)17-11-10-13(12-17)16(6-2)7-3/h13-14H,5-12H2,1-4H3. The molecule has 0 bridgehead atoms. The summed E-state index contributed by atoms with van der Waals surface area (Å²) in [7, 11) is 1.50. The van der Waals surface area contributed by atoms with Gasteiger partial charge in [-0.15, -0.1) is 0 Å². The normalized spacial score (nSPS) is 21.8. The zero-order valence-corrected chi connectivity index (χ0v) is 13.0. The Balaban J connectivity index is 2.59. The lowest BCUT2D eigenvalue weighted by atomic mass is 10.1. The molecule has 112 valence electrons. The van der Waals surface area contributed by atoms with Gasteiger partial charge in [0.2, 0.25) is 0 Å². The molecule has 1 saturated heterocycles. The number of methoxy groups -OCH3 is 1. The van der Waals surface area contributed by atoms with Crippen molar-refractivity contribution in [2.24, 2.45) is 0 Å². The number of likely N-dealkylation sites (N-methyl/N-ethyl adjacent to an activating group) is 1. The highest BCUT2D eigenvalue weighted by Gasteiger charge is 2.34. The highest BCUT2D eigenvalue weighted by molar-refractivity contribution is 5.75. The highest BCUT2D eigenvalue weighted by Crippen LogP contribution is 2.21. The van der Waals surface area contributed by atoms with Crippen LogP contribution in [0.4, 0.5) is 0 Å². The number of unbranched alkanes of at least 4 members (excludes halogenated alkanes) is 1. The number of likely N-dealkylation sites (tertiary alicyclic amines) is 1. The van der Waals surface area contributed by atoms with Gasteiger partial charge in [-0.05, 0) is 25.9 Å². The molecule has 0 spiro atoms. The summed E-state index contributed by atoms with van der Waals surface area (Å²) in [6, 6.07) is 0.564. The van der Waals surface area contributed by atoms with Crippen molar-refractivity contribution in [3.8, 4) is 0 Å². The van der Waals surface area contributed by atoms with E-state index in [1.165, 1.54) is 13.5 Å². The number of ether oxygens (including phenoxy) is 1. The third kappa shape index (κ3) is 4.46. The average Bonchev–Trinajstić information content (AvgIpc) is 2.90. The Morgan fingerprint density at radius 1 is 1.37 bits per heavy atom. The van der Waals surface area contributed by atoms with Crippen molar-refractivity contribution in [1.29, 1.82) is 0 Å². The average molecular weight is 270 g/mol. The Morgan fingerprint density at radius 3 is 2.58 bits per heavy atom. The van der Waals surface area contributed by atoms with Gasteiger partial charge in [-0.2, -0.15) is 0 Å². The second-order valence-corrected chi connectivity index (χ2v) is 5.34. The fourth-order valence-corrected chi connectivity index (χ4v) is 3.07. The number of hydrogen-bond acceptors (Lipinski definition) is 4. The molecular formula is C15H30N2O2. The zero-order valence-electron chi connectivity index (χ0n) is 13.0. The molecule has 4 nitrogen and oxygen atoms in total. The Hall–Kier alpha value is -0.610. The minimum atomic E-state index is -0.0614. The van der Waals surface area contributed by atoms with E-state index in [1.807, 2.05) is 0 Å². The first kappa shape index (κ1) is 16.4. The van der Waals surface area contributed by atoms with Gasteiger partial charge in [0.05, 0.1) is 7.11 Å². The summed E-state index contributed by atoms with van der Waals surface area (Å²) in [4.78, 5) is 16.8. The van der Waals surface area contributed by atoms with E-state index in [2.05, 4.69) is 30.6 Å². The van der Waals surface area contributed by atoms with Crippen LogP contribution in [0.5, 0.6) is 0 Å². The number of nitrogens with zero attached hydrogens (tertiary/aromatic N) is 2. The molecule has 2 atom stereocenters. The molecule has 1 rings (SSSR count). The molecule has 1 aliphatic rings. The summed E-state index contributed by atoms with van der Waals surface area (Å²) in [5, 5.41) is 0. The van der Waals surface area contributed by atoms with Gasteiger partial charge in [0, 0.05) is 19.1 Å². The van der Waals surface area contributed by atoms with Gasteiger partial charge >= 0.3 is 5.97 Å². The van der Waals surface area contributed by atoms with Crippen LogP contribution in [0.15, 0.2) is 0 Å². The van der Waals surface area contributed by atoms with Gasteiger partial charge in [0.15, 0.2) is 0 Å². The molecule has 0 N–H and O–H groups in total. The number of carbonyl (C=O) groups is 1. The first-order valence-electron chi connectivity index (χ1n) is 7.73. The molecule has 19 heavy (non-hydrogen) atoms. The Morgan fingerprint density at radius 2 is 2.05 bits per heavy atom. The number of hydrogen-bond donors (Lipinski definition) is 0. The van der Waals surface area contributed by atoms with E-state index in [-0.39, 0.29) is 12.0 Å². The highest BCUT2D eigenvalue weighted by atomic mass is 16.5. The van der Waals surface area contributed by atoms with Gasteiger partial charge in [-0.25, -0.2) is 0 Å². The maximum Gasteiger partial charge on any atom is 0.323 e. The van der Waals surface area contributed by atoms with E-state index >= 15 is 0 Å². The molecule has 0 aromatic heterocycles. The molecule has 0 amide bonds. The Bertz CT molecular complexity index is 267. The van der Waals surface area contributed by atoms with Crippen LogP contribution in [0.3, 0.4) is 0 Å². The lowest BCUT2D eigenvalue weighted by molar-refractivity contribution is -0.147. The molecule has 0 saturated carbocycles. The van der Waals surface area contributed by atoms with Crippen molar-refractivity contribution in [2.45, 2.75) is 58.5 Å². The lowest BCUT2D eigenvalue weighted by Gasteiger charge is -2.29. The quantitative estimate of drug-likeness (QED) is 0.633. The lowest BCUT2D eigenvalue weighted by Crippen LogP contribution is -2.43. The van der Waals surface area contributed by atoms with Crippen LogP contribution >= 0.6 is 0 Å². The number of rotatable bonds is 8. The van der Waals surface area contributed by atoms with Crippen LogP contribution in [0.1, 0.15) is 46.5 Å². The third-order valence-electron chi connectivity index (χ3n) is 4.27. The van der Waals surface area contributed by atoms with Crippen molar-refractivity contribution >= 4 is 5.97 Å². The maximum atomic E-state index is 11.9. The molecule has 0 radical (unpaired) electrons. The summed E-state index contributed by atoms with van der Waals surface area (Å²) >= 11 is 0. The molecule has 1 heterocycles. The predicted molar refractivity (Wildman–Crippen MR) is 78.2 cm³/mol. The van der Waals surface area contributed by atoms with Crippen LogP contribution < -0.4 is 0 Å². The van der Waals surface area contributed by atoms with Crippen LogP contribution in [0.2, 0.25) is 0 Å². The minimum Gasteiger partial charge on any atom is -0.468 e. The Kier molecular flexibility index (Phi) is 7.39. The minimum absolute atomic E-state index is 0.0366. The summed E-state index contributed by atoms with van der Waals surface area (Å²) in [5.41, 5.74) is 0. The van der Waals surface area contributed by atoms with E-state index in [4.69, 9.17) is 4.74 Å². The second-order valence-electron chi connectivity index (χ2n) is 5.34. The summed E-state index contributed by atoms with van der Waals surface area (Å²) in [6.45, 7) is 10.8. The molecule has 2 unspecified atom stereocenters. The van der Waals surface area contributed by atoms with Crippen LogP contribution in [-0.4, -0.2) is 61.1 Å². The molecule has 4 heteroatoms. The molecular weight excluding hydrogens is 240 g/mol. The van der Waals surface area contributed by atoms with Crippen molar-refractivity contribution in [3.05, 3.63) is 0 Å². The maximum absolute atomic E-state index is 11.9. The summed E-state index contributed by atoms with van der Waals surface area (Å²) in [5.74, 6) is -0.0614. The molecule has 1 fully saturated rings.